The summed E-state index contributed by atoms with van der Waals surface area (Å²) in [6, 6.07) is 3.54. The first-order valence-corrected chi connectivity index (χ1v) is 8.13. The van der Waals surface area contributed by atoms with Gasteiger partial charge in [0, 0.05) is 26.2 Å². The lowest BCUT2D eigenvalue weighted by atomic mass is 10.1. The molecular weight excluding hydrogens is 294 g/mol. The summed E-state index contributed by atoms with van der Waals surface area (Å²) >= 11 is 0. The van der Waals surface area contributed by atoms with Crippen molar-refractivity contribution in [1.29, 1.82) is 0 Å². The number of morpholine rings is 1. The molecule has 2 rings (SSSR count). The van der Waals surface area contributed by atoms with Crippen molar-refractivity contribution in [3.63, 3.8) is 0 Å². The van der Waals surface area contributed by atoms with Crippen LogP contribution in [-0.4, -0.2) is 61.9 Å². The largest absolute Gasteiger partial charge is 0.465 e. The number of anilines is 1. The maximum atomic E-state index is 11.6. The van der Waals surface area contributed by atoms with Gasteiger partial charge in [-0.05, 0) is 25.0 Å². The van der Waals surface area contributed by atoms with Crippen LogP contribution in [0.3, 0.4) is 0 Å². The average Bonchev–Trinajstić information content (AvgIpc) is 2.52. The van der Waals surface area contributed by atoms with Crippen LogP contribution < -0.4 is 5.32 Å². The van der Waals surface area contributed by atoms with Gasteiger partial charge in [-0.15, -0.1) is 0 Å². The molecular formula is C17H27N3O3. The summed E-state index contributed by atoms with van der Waals surface area (Å²) in [6.45, 7) is 10.8. The molecule has 0 spiro atoms. The van der Waals surface area contributed by atoms with Crippen molar-refractivity contribution in [2.24, 2.45) is 5.92 Å². The number of carbonyl (C=O) groups excluding carboxylic acids is 1. The van der Waals surface area contributed by atoms with E-state index in [9.17, 15) is 4.79 Å². The van der Waals surface area contributed by atoms with Crippen molar-refractivity contribution < 1.29 is 14.3 Å². The Labute approximate surface area is 138 Å². The van der Waals surface area contributed by atoms with E-state index in [1.807, 2.05) is 0 Å². The average molecular weight is 321 g/mol. The van der Waals surface area contributed by atoms with Crippen LogP contribution in [-0.2, 0) is 9.47 Å². The Balaban J connectivity index is 1.88. The predicted octanol–water partition coefficient (Wildman–Crippen LogP) is 1.95. The molecule has 1 atom stereocenters. The fourth-order valence-electron chi connectivity index (χ4n) is 2.79. The summed E-state index contributed by atoms with van der Waals surface area (Å²) in [7, 11) is 1.37. The van der Waals surface area contributed by atoms with Gasteiger partial charge in [-0.3, -0.25) is 4.90 Å². The van der Waals surface area contributed by atoms with E-state index in [1.165, 1.54) is 7.11 Å². The number of aromatic nitrogens is 1. The van der Waals surface area contributed by atoms with Gasteiger partial charge >= 0.3 is 5.97 Å². The number of methoxy groups -OCH3 is 1. The first kappa shape index (κ1) is 17.7. The molecule has 0 radical (unpaired) electrons. The maximum absolute atomic E-state index is 11.6. The van der Waals surface area contributed by atoms with Crippen molar-refractivity contribution in [3.8, 4) is 0 Å². The number of pyridine rings is 1. The number of nitrogens with one attached hydrogen (secondary N) is 1. The summed E-state index contributed by atoms with van der Waals surface area (Å²) in [5.74, 6) is 1.05. The van der Waals surface area contributed by atoms with Crippen molar-refractivity contribution in [2.75, 3.05) is 45.2 Å². The molecule has 6 nitrogen and oxygen atoms in total. The standard InChI is InChI=1S/C17H27N3O3/c1-12(2)10-20-7-8-23-14(11-20)9-18-16-6-5-15(13(3)19-16)17(21)22-4/h5-6,12,14H,7-11H2,1-4H3,(H,18,19). The van der Waals surface area contributed by atoms with Crippen LogP contribution in [0.4, 0.5) is 5.82 Å². The quantitative estimate of drug-likeness (QED) is 0.808. The molecule has 1 aliphatic rings. The minimum atomic E-state index is -0.360. The molecule has 1 fully saturated rings. The second-order valence-corrected chi connectivity index (χ2v) is 6.35. The molecule has 1 aliphatic heterocycles. The highest BCUT2D eigenvalue weighted by Gasteiger charge is 2.21. The van der Waals surface area contributed by atoms with Crippen molar-refractivity contribution in [2.45, 2.75) is 26.9 Å². The molecule has 23 heavy (non-hydrogen) atoms. The molecule has 1 aromatic heterocycles. The van der Waals surface area contributed by atoms with Crippen molar-refractivity contribution in [1.82, 2.24) is 9.88 Å². The molecule has 0 saturated carbocycles. The highest BCUT2D eigenvalue weighted by molar-refractivity contribution is 5.90. The lowest BCUT2D eigenvalue weighted by Gasteiger charge is -2.34. The van der Waals surface area contributed by atoms with Crippen LogP contribution >= 0.6 is 0 Å². The minimum Gasteiger partial charge on any atom is -0.465 e. The number of rotatable bonds is 6. The third kappa shape index (κ3) is 5.18. The zero-order chi connectivity index (χ0) is 16.8. The second kappa shape index (κ2) is 8.26. The van der Waals surface area contributed by atoms with Crippen LogP contribution in [0.1, 0.15) is 29.9 Å². The second-order valence-electron chi connectivity index (χ2n) is 6.35. The fourth-order valence-corrected chi connectivity index (χ4v) is 2.79. The normalized spacial score (nSPS) is 18.9. The zero-order valence-corrected chi connectivity index (χ0v) is 14.5. The van der Waals surface area contributed by atoms with E-state index >= 15 is 0 Å². The predicted molar refractivity (Wildman–Crippen MR) is 89.8 cm³/mol. The minimum absolute atomic E-state index is 0.157. The van der Waals surface area contributed by atoms with E-state index in [2.05, 4.69) is 29.0 Å². The summed E-state index contributed by atoms with van der Waals surface area (Å²) in [5, 5.41) is 3.30. The Kier molecular flexibility index (Phi) is 6.36. The molecule has 0 aliphatic carbocycles. The fraction of sp³-hybridized carbons (Fsp3) is 0.647. The van der Waals surface area contributed by atoms with E-state index in [4.69, 9.17) is 9.47 Å². The number of esters is 1. The third-order valence-electron chi connectivity index (χ3n) is 3.85. The van der Waals surface area contributed by atoms with Gasteiger partial charge in [0.2, 0.25) is 0 Å². The molecule has 6 heteroatoms. The van der Waals surface area contributed by atoms with Crippen molar-refractivity contribution >= 4 is 11.8 Å². The summed E-state index contributed by atoms with van der Waals surface area (Å²) in [4.78, 5) is 18.4. The molecule has 1 unspecified atom stereocenters. The molecule has 1 saturated heterocycles. The Hall–Kier alpha value is -1.66. The topological polar surface area (TPSA) is 63.7 Å². The van der Waals surface area contributed by atoms with Gasteiger partial charge in [0.15, 0.2) is 0 Å². The maximum Gasteiger partial charge on any atom is 0.339 e. The number of nitrogens with zero attached hydrogens (tertiary/aromatic N) is 2. The SMILES string of the molecule is COC(=O)c1ccc(NCC2CN(CC(C)C)CCO2)nc1C. The number of hydrogen-bond donors (Lipinski definition) is 1. The van der Waals surface area contributed by atoms with E-state index < -0.39 is 0 Å². The number of ether oxygens (including phenoxy) is 2. The monoisotopic (exact) mass is 321 g/mol. The van der Waals surface area contributed by atoms with Gasteiger partial charge in [0.25, 0.3) is 0 Å². The molecule has 1 N–H and O–H groups in total. The number of hydrogen-bond acceptors (Lipinski definition) is 6. The van der Waals surface area contributed by atoms with Crippen LogP contribution in [0, 0.1) is 12.8 Å². The van der Waals surface area contributed by atoms with Gasteiger partial charge in [-0.1, -0.05) is 13.8 Å². The lowest BCUT2D eigenvalue weighted by Crippen LogP contribution is -2.46. The summed E-state index contributed by atoms with van der Waals surface area (Å²) < 4.78 is 10.5. The smallest absolute Gasteiger partial charge is 0.339 e. The van der Waals surface area contributed by atoms with Crippen molar-refractivity contribution in [3.05, 3.63) is 23.4 Å². The Morgan fingerprint density at radius 3 is 2.96 bits per heavy atom. The van der Waals surface area contributed by atoms with Gasteiger partial charge < -0.3 is 14.8 Å². The number of aryl methyl sites for hydroxylation is 1. The highest BCUT2D eigenvalue weighted by Crippen LogP contribution is 2.13. The van der Waals surface area contributed by atoms with Gasteiger partial charge in [-0.25, -0.2) is 9.78 Å². The molecule has 1 aromatic rings. The van der Waals surface area contributed by atoms with Gasteiger partial charge in [0.1, 0.15) is 5.82 Å². The van der Waals surface area contributed by atoms with Crippen LogP contribution in [0.2, 0.25) is 0 Å². The van der Waals surface area contributed by atoms with Gasteiger partial charge in [0.05, 0.1) is 31.1 Å². The van der Waals surface area contributed by atoms with E-state index in [1.54, 1.807) is 19.1 Å². The molecule has 128 valence electrons. The highest BCUT2D eigenvalue weighted by atomic mass is 16.5. The van der Waals surface area contributed by atoms with Crippen LogP contribution in [0.25, 0.3) is 0 Å². The lowest BCUT2D eigenvalue weighted by molar-refractivity contribution is -0.0244. The van der Waals surface area contributed by atoms with Crippen LogP contribution in [0.5, 0.6) is 0 Å². The molecule has 0 amide bonds. The van der Waals surface area contributed by atoms with Crippen LogP contribution in [0.15, 0.2) is 12.1 Å². The van der Waals surface area contributed by atoms with E-state index in [0.29, 0.717) is 23.7 Å². The zero-order valence-electron chi connectivity index (χ0n) is 14.5. The first-order valence-electron chi connectivity index (χ1n) is 8.13. The van der Waals surface area contributed by atoms with E-state index in [0.717, 1.165) is 32.1 Å². The Morgan fingerprint density at radius 1 is 1.52 bits per heavy atom. The first-order chi connectivity index (χ1) is 11.0. The van der Waals surface area contributed by atoms with E-state index in [-0.39, 0.29) is 12.1 Å². The Morgan fingerprint density at radius 2 is 2.30 bits per heavy atom. The molecule has 0 aromatic carbocycles. The number of carbonyl (C=O) groups is 1. The van der Waals surface area contributed by atoms with Gasteiger partial charge in [-0.2, -0.15) is 0 Å². The third-order valence-corrected chi connectivity index (χ3v) is 3.85. The molecule has 0 bridgehead atoms. The molecule has 2 heterocycles. The summed E-state index contributed by atoms with van der Waals surface area (Å²) in [6.07, 6.45) is 0.157. The Bertz CT molecular complexity index is 534. The summed E-state index contributed by atoms with van der Waals surface area (Å²) in [5.41, 5.74) is 1.16.